The number of amides is 1. The lowest BCUT2D eigenvalue weighted by atomic mass is 9.93. The number of carbonyl (C=O) groups is 1. The van der Waals surface area contributed by atoms with Crippen molar-refractivity contribution in [3.8, 4) is 0 Å². The molecule has 0 atom stereocenters. The molecule has 3 heterocycles. The molecule has 0 aliphatic carbocycles. The third-order valence-corrected chi connectivity index (χ3v) is 4.81. The number of benzene rings is 1. The standard InChI is InChI=1S/C16H15ClN4O3/c17-10-1-2-11-13(7-10)19-21-14(22)8-12(18-15(11)21)9-3-5-20(6-4-9)16(23)24/h1-2,7-9,19H,3-6H2,(H,23,24). The van der Waals surface area contributed by atoms with E-state index in [1.165, 1.54) is 15.5 Å². The van der Waals surface area contributed by atoms with Gasteiger partial charge in [0.1, 0.15) is 0 Å². The molecule has 1 amide bonds. The topological polar surface area (TPSA) is 90.7 Å². The lowest BCUT2D eigenvalue weighted by Crippen LogP contribution is -2.37. The molecule has 0 radical (unpaired) electrons. The molecule has 0 bridgehead atoms. The summed E-state index contributed by atoms with van der Waals surface area (Å²) in [4.78, 5) is 29.5. The monoisotopic (exact) mass is 346 g/mol. The Balaban J connectivity index is 1.76. The van der Waals surface area contributed by atoms with E-state index in [9.17, 15) is 9.59 Å². The number of piperidine rings is 1. The smallest absolute Gasteiger partial charge is 0.407 e. The first-order valence-electron chi connectivity index (χ1n) is 7.72. The number of carboxylic acid groups (broad SMARTS) is 1. The van der Waals surface area contributed by atoms with E-state index >= 15 is 0 Å². The van der Waals surface area contributed by atoms with Gasteiger partial charge in [0.25, 0.3) is 5.56 Å². The SMILES string of the molecule is O=C(O)N1CCC(c2cc(=O)n3[nH]c4cc(Cl)ccc4c3n2)CC1. The second kappa shape index (κ2) is 5.52. The Morgan fingerprint density at radius 3 is 2.75 bits per heavy atom. The number of aromatic amines is 1. The van der Waals surface area contributed by atoms with Crippen molar-refractivity contribution in [3.63, 3.8) is 0 Å². The van der Waals surface area contributed by atoms with Crippen LogP contribution < -0.4 is 5.56 Å². The molecule has 1 aromatic carbocycles. The van der Waals surface area contributed by atoms with Crippen molar-refractivity contribution in [1.82, 2.24) is 19.5 Å². The largest absolute Gasteiger partial charge is 0.465 e. The second-order valence-corrected chi connectivity index (χ2v) is 6.46. The maximum Gasteiger partial charge on any atom is 0.407 e. The molecule has 7 nitrogen and oxygen atoms in total. The van der Waals surface area contributed by atoms with Crippen LogP contribution in [0.1, 0.15) is 24.5 Å². The van der Waals surface area contributed by atoms with Crippen LogP contribution in [0.2, 0.25) is 5.02 Å². The van der Waals surface area contributed by atoms with Crippen molar-refractivity contribution in [2.75, 3.05) is 13.1 Å². The molecule has 3 aromatic rings. The van der Waals surface area contributed by atoms with E-state index in [1.807, 2.05) is 6.07 Å². The van der Waals surface area contributed by atoms with Crippen LogP contribution in [0.5, 0.6) is 0 Å². The van der Waals surface area contributed by atoms with E-state index in [1.54, 1.807) is 12.1 Å². The van der Waals surface area contributed by atoms with E-state index in [0.717, 1.165) is 16.6 Å². The van der Waals surface area contributed by atoms with Gasteiger partial charge in [-0.25, -0.2) is 14.3 Å². The van der Waals surface area contributed by atoms with Crippen molar-refractivity contribution in [1.29, 1.82) is 0 Å². The summed E-state index contributed by atoms with van der Waals surface area (Å²) in [6.45, 7) is 0.926. The number of hydrogen-bond acceptors (Lipinski definition) is 3. The quantitative estimate of drug-likeness (QED) is 0.708. The lowest BCUT2D eigenvalue weighted by molar-refractivity contribution is 0.131. The molecular weight excluding hydrogens is 332 g/mol. The van der Waals surface area contributed by atoms with Crippen molar-refractivity contribution < 1.29 is 9.90 Å². The van der Waals surface area contributed by atoms with Crippen LogP contribution in [-0.2, 0) is 0 Å². The van der Waals surface area contributed by atoms with Gasteiger partial charge >= 0.3 is 6.09 Å². The van der Waals surface area contributed by atoms with Crippen LogP contribution in [0, 0.1) is 0 Å². The van der Waals surface area contributed by atoms with Gasteiger partial charge in [-0.05, 0) is 31.0 Å². The minimum Gasteiger partial charge on any atom is -0.465 e. The lowest BCUT2D eigenvalue weighted by Gasteiger charge is -2.29. The Labute approximate surface area is 141 Å². The normalized spacial score (nSPS) is 16.1. The van der Waals surface area contributed by atoms with Crippen molar-refractivity contribution in [2.45, 2.75) is 18.8 Å². The van der Waals surface area contributed by atoms with Gasteiger partial charge in [-0.15, -0.1) is 0 Å². The summed E-state index contributed by atoms with van der Waals surface area (Å²) in [5, 5.41) is 13.5. The number of aromatic nitrogens is 3. The highest BCUT2D eigenvalue weighted by molar-refractivity contribution is 6.31. The summed E-state index contributed by atoms with van der Waals surface area (Å²) in [6, 6.07) is 6.90. The molecule has 1 saturated heterocycles. The highest BCUT2D eigenvalue weighted by atomic mass is 35.5. The molecule has 0 unspecified atom stereocenters. The number of nitrogens with one attached hydrogen (secondary N) is 1. The fraction of sp³-hybridized carbons (Fsp3) is 0.312. The van der Waals surface area contributed by atoms with E-state index < -0.39 is 6.09 Å². The predicted molar refractivity (Wildman–Crippen MR) is 89.9 cm³/mol. The van der Waals surface area contributed by atoms with Crippen molar-refractivity contribution >= 4 is 34.2 Å². The predicted octanol–water partition coefficient (Wildman–Crippen LogP) is 2.69. The van der Waals surface area contributed by atoms with Gasteiger partial charge in [0.15, 0.2) is 5.65 Å². The van der Waals surface area contributed by atoms with Crippen LogP contribution in [0.3, 0.4) is 0 Å². The van der Waals surface area contributed by atoms with Gasteiger partial charge < -0.3 is 10.0 Å². The van der Waals surface area contributed by atoms with Crippen molar-refractivity contribution in [2.24, 2.45) is 0 Å². The van der Waals surface area contributed by atoms with Gasteiger partial charge in [-0.1, -0.05) is 11.6 Å². The van der Waals surface area contributed by atoms with E-state index in [4.69, 9.17) is 16.7 Å². The average Bonchev–Trinajstić information content (AvgIpc) is 2.93. The van der Waals surface area contributed by atoms with E-state index in [-0.39, 0.29) is 11.5 Å². The third kappa shape index (κ3) is 2.41. The van der Waals surface area contributed by atoms with E-state index in [2.05, 4.69) is 10.1 Å². The molecule has 0 saturated carbocycles. The van der Waals surface area contributed by atoms with Crippen LogP contribution in [0.4, 0.5) is 4.79 Å². The molecule has 4 rings (SSSR count). The first kappa shape index (κ1) is 15.0. The molecule has 124 valence electrons. The number of likely N-dealkylation sites (tertiary alicyclic amines) is 1. The van der Waals surface area contributed by atoms with Gasteiger partial charge in [0, 0.05) is 35.5 Å². The van der Waals surface area contributed by atoms with Crippen LogP contribution >= 0.6 is 11.6 Å². The van der Waals surface area contributed by atoms with Crippen LogP contribution in [0.25, 0.3) is 16.6 Å². The molecule has 1 fully saturated rings. The van der Waals surface area contributed by atoms with Gasteiger partial charge in [0.2, 0.25) is 0 Å². The highest BCUT2D eigenvalue weighted by Gasteiger charge is 2.25. The summed E-state index contributed by atoms with van der Waals surface area (Å²) >= 11 is 6.00. The van der Waals surface area contributed by atoms with Crippen LogP contribution in [0.15, 0.2) is 29.1 Å². The Hall–Kier alpha value is -2.54. The first-order chi connectivity index (χ1) is 11.5. The zero-order valence-corrected chi connectivity index (χ0v) is 13.5. The average molecular weight is 347 g/mol. The molecular formula is C16H15ClN4O3. The summed E-state index contributed by atoms with van der Waals surface area (Å²) in [5.41, 5.74) is 1.87. The molecule has 2 N–H and O–H groups in total. The van der Waals surface area contributed by atoms with Crippen LogP contribution in [-0.4, -0.2) is 43.8 Å². The third-order valence-electron chi connectivity index (χ3n) is 4.58. The fourth-order valence-corrected chi connectivity index (χ4v) is 3.46. The van der Waals surface area contributed by atoms with Gasteiger partial charge in [-0.2, -0.15) is 0 Å². The van der Waals surface area contributed by atoms with Crippen molar-refractivity contribution in [3.05, 3.63) is 45.3 Å². The number of fused-ring (bicyclic) bond motifs is 3. The molecule has 8 heteroatoms. The minimum atomic E-state index is -0.898. The van der Waals surface area contributed by atoms with E-state index in [0.29, 0.717) is 36.6 Å². The Morgan fingerprint density at radius 1 is 1.29 bits per heavy atom. The summed E-state index contributed by atoms with van der Waals surface area (Å²) in [7, 11) is 0. The number of halogens is 1. The number of H-pyrrole nitrogens is 1. The zero-order chi connectivity index (χ0) is 16.8. The molecule has 0 spiro atoms. The number of nitrogens with zero attached hydrogens (tertiary/aromatic N) is 3. The first-order valence-corrected chi connectivity index (χ1v) is 8.09. The maximum absolute atomic E-state index is 12.4. The van der Waals surface area contributed by atoms with Gasteiger partial charge in [-0.3, -0.25) is 9.89 Å². The molecule has 24 heavy (non-hydrogen) atoms. The Kier molecular flexibility index (Phi) is 3.45. The second-order valence-electron chi connectivity index (χ2n) is 6.02. The number of rotatable bonds is 1. The zero-order valence-electron chi connectivity index (χ0n) is 12.7. The highest BCUT2D eigenvalue weighted by Crippen LogP contribution is 2.28. The maximum atomic E-state index is 12.4. The molecule has 1 aliphatic rings. The molecule has 2 aromatic heterocycles. The Bertz CT molecular complexity index is 1000. The summed E-state index contributed by atoms with van der Waals surface area (Å²) < 4.78 is 1.41. The summed E-state index contributed by atoms with van der Waals surface area (Å²) in [5.74, 6) is 0.0931. The van der Waals surface area contributed by atoms with Gasteiger partial charge in [0.05, 0.1) is 11.2 Å². The summed E-state index contributed by atoms with van der Waals surface area (Å²) in [6.07, 6.45) is 0.442. The fourth-order valence-electron chi connectivity index (χ4n) is 3.29. The minimum absolute atomic E-state index is 0.0931. The number of hydrogen-bond donors (Lipinski definition) is 2. The molecule has 1 aliphatic heterocycles. The Morgan fingerprint density at radius 2 is 2.04 bits per heavy atom.